The van der Waals surface area contributed by atoms with Crippen LogP contribution in [0.5, 0.6) is 0 Å². The third kappa shape index (κ3) is 5.83. The molecule has 0 amide bonds. The highest BCUT2D eigenvalue weighted by molar-refractivity contribution is 7.15. The maximum Gasteiger partial charge on any atom is 0.251 e. The molecule has 3 rings (SSSR count). The summed E-state index contributed by atoms with van der Waals surface area (Å²) in [4.78, 5) is 20.0. The lowest BCUT2D eigenvalue weighted by atomic mass is 10.1. The molecule has 2 aromatic rings. The van der Waals surface area contributed by atoms with Gasteiger partial charge in [-0.1, -0.05) is 6.92 Å². The summed E-state index contributed by atoms with van der Waals surface area (Å²) in [5, 5.41) is 3.55. The number of hydrogen-bond donors (Lipinski definition) is 2. The predicted molar refractivity (Wildman–Crippen MR) is 116 cm³/mol. The van der Waals surface area contributed by atoms with Gasteiger partial charge in [-0.3, -0.25) is 4.79 Å². The molecule has 1 aliphatic heterocycles. The first-order chi connectivity index (χ1) is 11.7. The van der Waals surface area contributed by atoms with Gasteiger partial charge in [-0.05, 0) is 57.5 Å². The average Bonchev–Trinajstić information content (AvgIpc) is 3.23. The molecule has 1 fully saturated rings. The molecule has 0 bridgehead atoms. The van der Waals surface area contributed by atoms with E-state index in [0.29, 0.717) is 0 Å². The second-order valence-electron chi connectivity index (χ2n) is 6.51. The van der Waals surface area contributed by atoms with Gasteiger partial charge < -0.3 is 15.2 Å². The Hall–Kier alpha value is -0.850. The number of hydrogen-bond acceptors (Lipinski definition) is 4. The van der Waals surface area contributed by atoms with Gasteiger partial charge in [0.1, 0.15) is 0 Å². The van der Waals surface area contributed by atoms with Crippen molar-refractivity contribution in [2.45, 2.75) is 39.7 Å². The molecule has 0 atom stereocenters. The first kappa shape index (κ1) is 23.2. The molecule has 1 saturated heterocycles. The largest absolute Gasteiger partial charge is 0.326 e. The van der Waals surface area contributed by atoms with Crippen molar-refractivity contribution in [3.05, 3.63) is 44.7 Å². The van der Waals surface area contributed by atoms with Crippen LogP contribution in [0.25, 0.3) is 10.4 Å². The van der Waals surface area contributed by atoms with Crippen molar-refractivity contribution >= 4 is 36.2 Å². The second kappa shape index (κ2) is 11.1. The second-order valence-corrected chi connectivity index (χ2v) is 7.68. The molecule has 0 aromatic carbocycles. The first-order valence-corrected chi connectivity index (χ1v) is 9.74. The summed E-state index contributed by atoms with van der Waals surface area (Å²) < 4.78 is 0. The topological polar surface area (TPSA) is 48.1 Å². The molecule has 26 heavy (non-hydrogen) atoms. The van der Waals surface area contributed by atoms with E-state index in [-0.39, 0.29) is 30.4 Å². The molecule has 146 valence electrons. The number of aromatic nitrogens is 1. The van der Waals surface area contributed by atoms with E-state index in [1.807, 2.05) is 31.3 Å². The van der Waals surface area contributed by atoms with Crippen LogP contribution in [0.3, 0.4) is 0 Å². The lowest BCUT2D eigenvalue weighted by molar-refractivity contribution is 0.336. The van der Waals surface area contributed by atoms with E-state index >= 15 is 0 Å². The summed E-state index contributed by atoms with van der Waals surface area (Å²) in [7, 11) is 0. The molecule has 0 spiro atoms. The maximum absolute atomic E-state index is 11.9. The third-order valence-corrected chi connectivity index (χ3v) is 5.84. The number of halogens is 2. The molecule has 0 aliphatic carbocycles. The van der Waals surface area contributed by atoms with Crippen molar-refractivity contribution < 1.29 is 0 Å². The molecular weight excluding hydrogens is 389 g/mol. The van der Waals surface area contributed by atoms with E-state index in [4.69, 9.17) is 0 Å². The molecule has 3 heterocycles. The van der Waals surface area contributed by atoms with E-state index in [2.05, 4.69) is 27.3 Å². The summed E-state index contributed by atoms with van der Waals surface area (Å²) >= 11 is 1.81. The van der Waals surface area contributed by atoms with E-state index in [9.17, 15) is 4.79 Å². The number of H-pyrrole nitrogens is 1. The van der Waals surface area contributed by atoms with Crippen LogP contribution in [0.2, 0.25) is 0 Å². The van der Waals surface area contributed by atoms with Crippen molar-refractivity contribution in [2.75, 3.05) is 26.2 Å². The van der Waals surface area contributed by atoms with Gasteiger partial charge in [0, 0.05) is 46.2 Å². The highest BCUT2D eigenvalue weighted by atomic mass is 35.5. The van der Waals surface area contributed by atoms with Gasteiger partial charge in [-0.2, -0.15) is 0 Å². The van der Waals surface area contributed by atoms with E-state index in [0.717, 1.165) is 42.9 Å². The van der Waals surface area contributed by atoms with Crippen LogP contribution in [-0.4, -0.2) is 36.1 Å². The highest BCUT2D eigenvalue weighted by Crippen LogP contribution is 2.29. The molecular formula is C19H29Cl2N3OS. The normalized spacial score (nSPS) is 14.1. The number of aromatic amines is 1. The van der Waals surface area contributed by atoms with Gasteiger partial charge in [-0.25, -0.2) is 0 Å². The van der Waals surface area contributed by atoms with Gasteiger partial charge in [-0.15, -0.1) is 36.2 Å². The summed E-state index contributed by atoms with van der Waals surface area (Å²) in [5.74, 6) is 0. The Morgan fingerprint density at radius 2 is 1.96 bits per heavy atom. The number of nitrogens with zero attached hydrogens (tertiary/aromatic N) is 1. The van der Waals surface area contributed by atoms with Crippen molar-refractivity contribution in [3.8, 4) is 10.4 Å². The molecule has 0 saturated carbocycles. The molecule has 0 unspecified atom stereocenters. The number of nitrogens with one attached hydrogen (secondary N) is 2. The van der Waals surface area contributed by atoms with E-state index in [1.165, 1.54) is 35.7 Å². The SMILES string of the molecule is CCc1cc(-c2ccc(CNCCN3CCCC3)s2)c(C)[nH]c1=O.Cl.Cl. The maximum atomic E-state index is 11.9. The van der Waals surface area contributed by atoms with Crippen LogP contribution in [0.1, 0.15) is 35.9 Å². The lowest BCUT2D eigenvalue weighted by Crippen LogP contribution is -2.29. The van der Waals surface area contributed by atoms with Crippen LogP contribution < -0.4 is 10.9 Å². The van der Waals surface area contributed by atoms with Gasteiger partial charge in [0.25, 0.3) is 5.56 Å². The van der Waals surface area contributed by atoms with Gasteiger partial charge >= 0.3 is 0 Å². The zero-order valence-electron chi connectivity index (χ0n) is 15.5. The number of rotatable bonds is 7. The molecule has 4 nitrogen and oxygen atoms in total. The molecule has 0 radical (unpaired) electrons. The summed E-state index contributed by atoms with van der Waals surface area (Å²) in [6.45, 7) is 9.63. The number of aryl methyl sites for hydroxylation is 2. The zero-order valence-corrected chi connectivity index (χ0v) is 17.9. The Morgan fingerprint density at radius 3 is 2.65 bits per heavy atom. The monoisotopic (exact) mass is 417 g/mol. The zero-order chi connectivity index (χ0) is 16.9. The Morgan fingerprint density at radius 1 is 1.23 bits per heavy atom. The Bertz CT molecular complexity index is 739. The third-order valence-electron chi connectivity index (χ3n) is 4.73. The summed E-state index contributed by atoms with van der Waals surface area (Å²) in [5.41, 5.74) is 3.00. The van der Waals surface area contributed by atoms with Crippen molar-refractivity contribution in [1.29, 1.82) is 0 Å². The minimum absolute atomic E-state index is 0. The summed E-state index contributed by atoms with van der Waals surface area (Å²) in [6, 6.07) is 6.41. The van der Waals surface area contributed by atoms with Crippen LogP contribution in [0.4, 0.5) is 0 Å². The van der Waals surface area contributed by atoms with Crippen molar-refractivity contribution in [2.24, 2.45) is 0 Å². The fourth-order valence-electron chi connectivity index (χ4n) is 3.26. The van der Waals surface area contributed by atoms with Gasteiger partial charge in [0.2, 0.25) is 0 Å². The van der Waals surface area contributed by atoms with Crippen molar-refractivity contribution in [3.63, 3.8) is 0 Å². The van der Waals surface area contributed by atoms with Crippen LogP contribution in [0, 0.1) is 6.92 Å². The predicted octanol–water partition coefficient (Wildman–Crippen LogP) is 4.00. The fraction of sp³-hybridized carbons (Fsp3) is 0.526. The minimum Gasteiger partial charge on any atom is -0.326 e. The first-order valence-electron chi connectivity index (χ1n) is 8.92. The Kier molecular flexibility index (Phi) is 9.90. The van der Waals surface area contributed by atoms with Crippen LogP contribution >= 0.6 is 36.2 Å². The molecule has 2 aromatic heterocycles. The van der Waals surface area contributed by atoms with Gasteiger partial charge in [0.15, 0.2) is 0 Å². The standard InChI is InChI=1S/C19H27N3OS.2ClH/c1-3-15-12-17(14(2)21-19(15)23)18-7-6-16(24-18)13-20-8-11-22-9-4-5-10-22;;/h6-7,12,20H,3-5,8-11,13H2,1-2H3,(H,21,23);2*1H. The van der Waals surface area contributed by atoms with E-state index < -0.39 is 0 Å². The van der Waals surface area contributed by atoms with E-state index in [1.54, 1.807) is 0 Å². The quantitative estimate of drug-likeness (QED) is 0.669. The number of pyridine rings is 1. The highest BCUT2D eigenvalue weighted by Gasteiger charge is 2.11. The summed E-state index contributed by atoms with van der Waals surface area (Å²) in [6.07, 6.45) is 3.47. The molecule has 7 heteroatoms. The van der Waals surface area contributed by atoms with Gasteiger partial charge in [0.05, 0.1) is 0 Å². The molecule has 2 N–H and O–H groups in total. The van der Waals surface area contributed by atoms with Crippen molar-refractivity contribution in [1.82, 2.24) is 15.2 Å². The fourth-order valence-corrected chi connectivity index (χ4v) is 4.31. The Balaban J connectivity index is 0.00000169. The van der Waals surface area contributed by atoms with Crippen LogP contribution in [-0.2, 0) is 13.0 Å². The lowest BCUT2D eigenvalue weighted by Gasteiger charge is -2.14. The number of likely N-dealkylation sites (tertiary alicyclic amines) is 1. The number of thiophene rings is 1. The Labute approximate surface area is 172 Å². The average molecular weight is 418 g/mol. The smallest absolute Gasteiger partial charge is 0.251 e. The molecule has 1 aliphatic rings. The van der Waals surface area contributed by atoms with Crippen LogP contribution in [0.15, 0.2) is 23.0 Å². The minimum atomic E-state index is 0.